The summed E-state index contributed by atoms with van der Waals surface area (Å²) in [6.07, 6.45) is 13.8. The number of esters is 1. The highest BCUT2D eigenvalue weighted by Crippen LogP contribution is 2.52. The SMILES string of the molecule is COc1c(C)c2c3c4c5c(c(c(O)c14)=NC(=O)/C(C)=C\C=C\[C@H](C)[C@H](OC)[C@@H](C)[C@@H](OC)[C@@H](C)[C@H](OC(=O)CC(=O)N1CCC(N4CCCCC4)CC1)[C@H](C)C/C=C/O[C@@](C)(O2)C3=O)=NC1(CCN(CC(C)C)CC1)N5. The number of ketones is 1. The first-order valence-corrected chi connectivity index (χ1v) is 27.9. The van der Waals surface area contributed by atoms with Crippen LogP contribution in [-0.4, -0.2) is 146 Å². The Bertz CT molecular complexity index is 2730. The maximum Gasteiger partial charge on any atom is 0.315 e. The summed E-state index contributed by atoms with van der Waals surface area (Å²) in [6.45, 7) is 23.3. The van der Waals surface area contributed by atoms with Gasteiger partial charge in [-0.25, -0.2) is 4.99 Å². The van der Waals surface area contributed by atoms with Crippen molar-refractivity contribution < 1.29 is 52.7 Å². The lowest BCUT2D eigenvalue weighted by atomic mass is 9.78. The molecule has 2 aromatic rings. The van der Waals surface area contributed by atoms with E-state index in [1.165, 1.54) is 32.6 Å². The number of methoxy groups -OCH3 is 3. The highest BCUT2D eigenvalue weighted by atomic mass is 16.7. The number of hydrogen-bond acceptors (Lipinski definition) is 15. The van der Waals surface area contributed by atoms with Crippen LogP contribution in [0.5, 0.6) is 17.2 Å². The number of ether oxygens (including phenoxy) is 6. The molecule has 2 aromatic carbocycles. The number of hydrogen-bond donors (Lipinski definition) is 2. The molecule has 8 atom stereocenters. The molecule has 0 aromatic heterocycles. The topological polar surface area (TPSA) is 190 Å². The number of carbonyl (C=O) groups excluding carboxylic acids is 4. The lowest BCUT2D eigenvalue weighted by molar-refractivity contribution is -0.164. The van der Waals surface area contributed by atoms with Crippen molar-refractivity contribution in [3.63, 3.8) is 0 Å². The molecular formula is C59H84N6O11. The molecule has 416 valence electrons. The second-order valence-corrected chi connectivity index (χ2v) is 23.0. The standard InChI is InChI=1S/C59H84N6O11/c1-34(2)33-63-29-23-59(24-30-63)61-47-44-45-50(68)49(48(47)62-59)60-57(70)37(5)19-16-18-35(3)51(71-10)38(6)53(72-11)39(7)52(75-43(67)32-42(66)65-27-21-41(22-28-65)64-25-14-13-15-26-64)36(4)20-17-31-74-58(9)56(69)46(44)55(76-58)40(8)54(45)73-12/h16-19,31,34-36,38-39,41,51-53,61,68H,13-15,20-30,32-33H2,1-12H3/b18-16+,31-17+,37-19-,60-49?/t35-,36+,38+,39-,51-,52+,53+,58-/m0/s1. The van der Waals surface area contributed by atoms with Crippen molar-refractivity contribution in [3.8, 4) is 17.2 Å². The van der Waals surface area contributed by atoms with Crippen molar-refractivity contribution in [2.45, 2.75) is 156 Å². The fourth-order valence-electron chi connectivity index (χ4n) is 13.0. The minimum Gasteiger partial charge on any atom is -0.505 e. The molecule has 6 heterocycles. The molecule has 8 rings (SSSR count). The summed E-state index contributed by atoms with van der Waals surface area (Å²) in [6, 6.07) is 0.462. The Morgan fingerprint density at radius 2 is 1.57 bits per heavy atom. The second kappa shape index (κ2) is 23.7. The first-order valence-electron chi connectivity index (χ1n) is 27.9. The van der Waals surface area contributed by atoms with Gasteiger partial charge >= 0.3 is 11.8 Å². The smallest absolute Gasteiger partial charge is 0.315 e. The number of amides is 2. The molecule has 0 radical (unpaired) electrons. The Hall–Kier alpha value is -5.36. The average molecular weight is 1050 g/mol. The lowest BCUT2D eigenvalue weighted by Gasteiger charge is -2.40. The molecule has 0 aliphatic carbocycles. The molecule has 1 spiro atoms. The summed E-state index contributed by atoms with van der Waals surface area (Å²) in [5.41, 5.74) is 0.576. The Morgan fingerprint density at radius 3 is 2.21 bits per heavy atom. The summed E-state index contributed by atoms with van der Waals surface area (Å²) >= 11 is 0. The molecule has 17 nitrogen and oxygen atoms in total. The number of rotatable bonds is 9. The van der Waals surface area contributed by atoms with Crippen LogP contribution in [0.25, 0.3) is 10.8 Å². The zero-order chi connectivity index (χ0) is 54.8. The number of fused-ring (bicyclic) bond motifs is 1. The van der Waals surface area contributed by atoms with Gasteiger partial charge < -0.3 is 53.5 Å². The van der Waals surface area contributed by atoms with Crippen LogP contribution in [0.2, 0.25) is 0 Å². The molecule has 6 aliphatic rings. The van der Waals surface area contributed by atoms with Gasteiger partial charge in [-0.15, -0.1) is 0 Å². The predicted octanol–water partition coefficient (Wildman–Crippen LogP) is 7.58. The predicted molar refractivity (Wildman–Crippen MR) is 290 cm³/mol. The van der Waals surface area contributed by atoms with Crippen LogP contribution in [0.4, 0.5) is 5.69 Å². The third-order valence-corrected chi connectivity index (χ3v) is 17.1. The number of Topliss-reactive ketones (excluding diaryl/α,β-unsaturated/α-hetero) is 1. The molecule has 17 heteroatoms. The van der Waals surface area contributed by atoms with Gasteiger partial charge in [0.1, 0.15) is 40.4 Å². The maximum absolute atomic E-state index is 15.1. The Labute approximate surface area is 449 Å². The first-order chi connectivity index (χ1) is 36.2. The third kappa shape index (κ3) is 11.4. The van der Waals surface area contributed by atoms with Gasteiger partial charge in [-0.3, -0.25) is 24.2 Å². The largest absolute Gasteiger partial charge is 0.505 e. The zero-order valence-corrected chi connectivity index (χ0v) is 47.2. The van der Waals surface area contributed by atoms with E-state index >= 15 is 4.79 Å². The summed E-state index contributed by atoms with van der Waals surface area (Å²) in [5.74, 6) is -4.27. The summed E-state index contributed by atoms with van der Waals surface area (Å²) in [7, 11) is 4.77. The number of nitrogens with zero attached hydrogens (tertiary/aromatic N) is 5. The number of allylic oxidation sites excluding steroid dienone is 3. The number of anilines is 1. The van der Waals surface area contributed by atoms with Crippen LogP contribution in [0.15, 0.2) is 46.1 Å². The van der Waals surface area contributed by atoms with Crippen LogP contribution in [0.3, 0.4) is 0 Å². The molecule has 2 amide bonds. The molecular weight excluding hydrogens is 969 g/mol. The van der Waals surface area contributed by atoms with Crippen LogP contribution < -0.4 is 25.5 Å². The minimum atomic E-state index is -1.85. The summed E-state index contributed by atoms with van der Waals surface area (Å²) in [5, 5.41) is 17.0. The summed E-state index contributed by atoms with van der Waals surface area (Å²) in [4.78, 5) is 73.7. The number of aromatic hydroxyl groups is 1. The van der Waals surface area contributed by atoms with E-state index in [-0.39, 0.29) is 81.0 Å². The highest BCUT2D eigenvalue weighted by molar-refractivity contribution is 6.22. The second-order valence-electron chi connectivity index (χ2n) is 23.0. The molecule has 3 saturated heterocycles. The van der Waals surface area contributed by atoms with Crippen molar-refractivity contribution in [3.05, 3.63) is 58.0 Å². The zero-order valence-electron chi connectivity index (χ0n) is 47.2. The molecule has 6 aliphatic heterocycles. The van der Waals surface area contributed by atoms with Crippen molar-refractivity contribution >= 4 is 40.0 Å². The van der Waals surface area contributed by atoms with Gasteiger partial charge in [0.2, 0.25) is 5.91 Å². The van der Waals surface area contributed by atoms with E-state index in [0.29, 0.717) is 66.5 Å². The van der Waals surface area contributed by atoms with Crippen molar-refractivity contribution in [1.82, 2.24) is 14.7 Å². The normalized spacial score (nSPS) is 30.5. The van der Waals surface area contributed by atoms with Crippen LogP contribution in [0, 0.1) is 36.5 Å². The monoisotopic (exact) mass is 1050 g/mol. The first kappa shape index (κ1) is 56.8. The molecule has 2 N–H and O–H groups in total. The van der Waals surface area contributed by atoms with E-state index in [9.17, 15) is 19.5 Å². The van der Waals surface area contributed by atoms with Gasteiger partial charge in [0.05, 0.1) is 42.2 Å². The number of piperidine rings is 3. The van der Waals surface area contributed by atoms with Gasteiger partial charge in [0.15, 0.2) is 5.75 Å². The van der Waals surface area contributed by atoms with Crippen molar-refractivity contribution in [2.75, 3.05) is 72.5 Å². The van der Waals surface area contributed by atoms with E-state index < -0.39 is 41.3 Å². The number of nitrogens with one attached hydrogen (secondary N) is 1. The number of likely N-dealkylation sites (tertiary alicyclic amines) is 3. The van der Waals surface area contributed by atoms with E-state index in [1.54, 1.807) is 58.1 Å². The van der Waals surface area contributed by atoms with E-state index in [4.69, 9.17) is 33.4 Å². The van der Waals surface area contributed by atoms with Gasteiger partial charge in [0, 0.05) is 107 Å². The van der Waals surface area contributed by atoms with Gasteiger partial charge in [-0.1, -0.05) is 66.2 Å². The number of phenolic OH excluding ortho intramolecular Hbond substituents is 1. The third-order valence-electron chi connectivity index (χ3n) is 17.1. The van der Waals surface area contributed by atoms with Gasteiger partial charge in [-0.05, 0) is 77.0 Å². The van der Waals surface area contributed by atoms with Crippen LogP contribution in [-0.2, 0) is 33.3 Å². The minimum absolute atomic E-state index is 0.0204. The molecule has 0 saturated carbocycles. The fourth-order valence-corrected chi connectivity index (χ4v) is 13.0. The quantitative estimate of drug-likeness (QED) is 0.142. The number of benzene rings is 2. The number of phenols is 1. The highest BCUT2D eigenvalue weighted by Gasteiger charge is 2.51. The molecule has 0 unspecified atom stereocenters. The van der Waals surface area contributed by atoms with Gasteiger partial charge in [0.25, 0.3) is 11.7 Å². The van der Waals surface area contributed by atoms with Crippen molar-refractivity contribution in [1.29, 1.82) is 0 Å². The Balaban J connectivity index is 1.15. The van der Waals surface area contributed by atoms with Crippen molar-refractivity contribution in [2.24, 2.45) is 39.6 Å². The molecule has 3 fully saturated rings. The maximum atomic E-state index is 15.1. The summed E-state index contributed by atoms with van der Waals surface area (Å²) < 4.78 is 37.7. The van der Waals surface area contributed by atoms with E-state index in [1.807, 2.05) is 33.8 Å². The van der Waals surface area contributed by atoms with Gasteiger partial charge in [-0.2, -0.15) is 0 Å². The van der Waals surface area contributed by atoms with E-state index in [0.717, 1.165) is 45.6 Å². The Morgan fingerprint density at radius 1 is 0.895 bits per heavy atom. The average Bonchev–Trinajstić information content (AvgIpc) is 4.02. The van der Waals surface area contributed by atoms with E-state index in [2.05, 4.69) is 34.0 Å². The van der Waals surface area contributed by atoms with Crippen LogP contribution >= 0.6 is 0 Å². The van der Waals surface area contributed by atoms with Crippen LogP contribution in [0.1, 0.15) is 129 Å². The fraction of sp³-hybridized carbons (Fsp3) is 0.661. The molecule has 4 bridgehead atoms. The number of carbonyl (C=O) groups is 4. The lowest BCUT2D eigenvalue weighted by Crippen LogP contribution is -2.49. The molecule has 76 heavy (non-hydrogen) atoms. The Kier molecular flexibility index (Phi) is 17.7.